The van der Waals surface area contributed by atoms with Crippen LogP contribution in [0.2, 0.25) is 0 Å². The molecule has 3 heteroatoms. The van der Waals surface area contributed by atoms with Gasteiger partial charge in [-0.3, -0.25) is 0 Å². The molecule has 0 saturated carbocycles. The van der Waals surface area contributed by atoms with Gasteiger partial charge in [-0.05, 0) is 0 Å². The van der Waals surface area contributed by atoms with Crippen molar-refractivity contribution < 1.29 is 72.7 Å². The molecular formula is C21H17I2Zr. The number of fused-ring (bicyclic) bond motifs is 2. The third-order valence-corrected chi connectivity index (χ3v) is 5.85. The van der Waals surface area contributed by atoms with E-state index in [1.54, 1.807) is 0 Å². The summed E-state index contributed by atoms with van der Waals surface area (Å²) < 4.78 is 1.50. The van der Waals surface area contributed by atoms with Crippen molar-refractivity contribution in [1.82, 2.24) is 0 Å². The molecule has 0 amide bonds. The number of rotatable bonds is 1. The van der Waals surface area contributed by atoms with Gasteiger partial charge in [-0.2, -0.15) is 0 Å². The zero-order valence-electron chi connectivity index (χ0n) is 13.7. The normalized spacial score (nSPS) is 13.7. The van der Waals surface area contributed by atoms with Gasteiger partial charge in [-0.1, -0.05) is 0 Å². The number of hydrogen-bond acceptors (Lipinski definition) is 0. The molecule has 0 radical (unpaired) electrons. The molecule has 0 bridgehead atoms. The van der Waals surface area contributed by atoms with Crippen LogP contribution in [0.3, 0.4) is 0 Å². The van der Waals surface area contributed by atoms with Gasteiger partial charge in [0.2, 0.25) is 0 Å². The van der Waals surface area contributed by atoms with Crippen molar-refractivity contribution in [2.45, 2.75) is 20.3 Å². The van der Waals surface area contributed by atoms with E-state index >= 15 is 0 Å². The third-order valence-electron chi connectivity index (χ3n) is 4.57. The van der Waals surface area contributed by atoms with Crippen LogP contribution in [0, 0.1) is 10.4 Å². The predicted molar refractivity (Wildman–Crippen MR) is 88.8 cm³/mol. The second kappa shape index (κ2) is 8.13. The van der Waals surface area contributed by atoms with Crippen LogP contribution in [0.5, 0.6) is 0 Å². The van der Waals surface area contributed by atoms with Gasteiger partial charge in [0.1, 0.15) is 0 Å². The van der Waals surface area contributed by atoms with Crippen molar-refractivity contribution in [3.05, 3.63) is 86.6 Å². The zero-order valence-corrected chi connectivity index (χ0v) is 20.4. The number of benzene rings is 2. The summed E-state index contributed by atoms with van der Waals surface area (Å²) in [6.45, 7) is 4.44. The molecule has 0 aliphatic heterocycles. The summed E-state index contributed by atoms with van der Waals surface area (Å²) in [5, 5.41) is 5.64. The molecule has 0 atom stereocenters. The van der Waals surface area contributed by atoms with Crippen molar-refractivity contribution >= 4 is 14.4 Å². The van der Waals surface area contributed by atoms with E-state index in [0.29, 0.717) is 0 Å². The van der Waals surface area contributed by atoms with E-state index in [1.165, 1.54) is 71.1 Å². The van der Waals surface area contributed by atoms with E-state index in [9.17, 15) is 0 Å². The summed E-state index contributed by atoms with van der Waals surface area (Å²) in [6.07, 6.45) is 7.79. The molecular weight excluding hydrogens is 597 g/mol. The Bertz CT molecular complexity index is 1070. The van der Waals surface area contributed by atoms with Gasteiger partial charge in [-0.15, -0.1) is 0 Å². The van der Waals surface area contributed by atoms with Crippen molar-refractivity contribution in [2.75, 3.05) is 0 Å². The van der Waals surface area contributed by atoms with Crippen LogP contribution in [-0.4, -0.2) is 0 Å². The van der Waals surface area contributed by atoms with Gasteiger partial charge in [0.05, 0.1) is 0 Å². The van der Waals surface area contributed by atoms with Crippen molar-refractivity contribution in [3.8, 4) is 0 Å². The monoisotopic (exact) mass is 613 g/mol. The minimum absolute atomic E-state index is 0. The Balaban J connectivity index is 0.00000104. The summed E-state index contributed by atoms with van der Waals surface area (Å²) in [4.78, 5) is 0. The van der Waals surface area contributed by atoms with Crippen LogP contribution in [-0.2, 0) is 24.7 Å². The predicted octanol–water partition coefficient (Wildman–Crippen LogP) is -2.47. The van der Waals surface area contributed by atoms with Crippen LogP contribution in [0.15, 0.2) is 54.6 Å². The molecule has 24 heavy (non-hydrogen) atoms. The van der Waals surface area contributed by atoms with Crippen LogP contribution in [0.25, 0.3) is 14.4 Å². The molecule has 0 fully saturated rings. The number of halogens is 2. The summed E-state index contributed by atoms with van der Waals surface area (Å²) in [6, 6.07) is 13.5. The van der Waals surface area contributed by atoms with Gasteiger partial charge < -0.3 is 48.0 Å². The fourth-order valence-electron chi connectivity index (χ4n) is 3.54. The summed E-state index contributed by atoms with van der Waals surface area (Å²) in [5.74, 6) is 0. The third kappa shape index (κ3) is 3.21. The standard InChI is InChI=1S/C21H17.2HI.Zr/c1-14(2)17-11-12-19-18-10-6-5-9-16(18)13-20(19)21(17)15-7-3-4-8-15;;;/h3-7,9-12H,8H2,1-2H3;2*1H;/q;;;+2/p-2. The molecule has 0 saturated heterocycles. The Morgan fingerprint density at radius 1 is 0.875 bits per heavy atom. The Hall–Kier alpha value is 0.00312. The maximum Gasteiger partial charge on any atom is -1.00 e. The summed E-state index contributed by atoms with van der Waals surface area (Å²) in [5.41, 5.74) is 5.80. The molecule has 0 unspecified atom stereocenters. The largest absolute Gasteiger partial charge is 1.00 e. The first-order valence-electron chi connectivity index (χ1n) is 7.71. The van der Waals surface area contributed by atoms with Crippen molar-refractivity contribution in [1.29, 1.82) is 0 Å². The minimum atomic E-state index is 0. The molecule has 2 aromatic rings. The van der Waals surface area contributed by atoms with Gasteiger partial charge in [0, 0.05) is 0 Å². The average Bonchev–Trinajstić information content (AvgIpc) is 3.15. The zero-order chi connectivity index (χ0) is 15.3. The molecule has 2 aromatic carbocycles. The Morgan fingerprint density at radius 2 is 1.58 bits per heavy atom. The second-order valence-electron chi connectivity index (χ2n) is 6.16. The van der Waals surface area contributed by atoms with Crippen LogP contribution < -0.4 is 58.4 Å². The van der Waals surface area contributed by atoms with E-state index in [2.05, 4.69) is 68.5 Å². The topological polar surface area (TPSA) is 0 Å². The fourth-order valence-corrected chi connectivity index (χ4v) is 4.71. The Kier molecular flexibility index (Phi) is 6.89. The Morgan fingerprint density at radius 3 is 2.21 bits per heavy atom. The molecule has 0 aromatic heterocycles. The van der Waals surface area contributed by atoms with Gasteiger partial charge >= 0.3 is 146 Å². The molecule has 0 spiro atoms. The van der Waals surface area contributed by atoms with Crippen molar-refractivity contribution in [2.24, 2.45) is 0 Å². The van der Waals surface area contributed by atoms with E-state index in [-0.39, 0.29) is 48.0 Å². The first-order chi connectivity index (χ1) is 10.7. The first kappa shape index (κ1) is 20.3. The van der Waals surface area contributed by atoms with E-state index in [1.807, 2.05) is 0 Å². The molecule has 4 rings (SSSR count). The SMILES string of the molecule is CC(C)=c1ccc2c(c1C1=CC=CC1)[C]([Zr+2])=c1ccccc1=2.[I-].[I-]. The smallest absolute Gasteiger partial charge is 1.00 e. The molecule has 0 N–H and O–H groups in total. The van der Waals surface area contributed by atoms with Gasteiger partial charge in [-0.25, -0.2) is 0 Å². The minimum Gasteiger partial charge on any atom is -1.00 e. The van der Waals surface area contributed by atoms with Crippen LogP contribution >= 0.6 is 0 Å². The van der Waals surface area contributed by atoms with Crippen LogP contribution in [0.1, 0.15) is 31.4 Å². The maximum atomic E-state index is 2.32. The first-order valence-corrected chi connectivity index (χ1v) is 8.93. The van der Waals surface area contributed by atoms with Crippen molar-refractivity contribution in [3.63, 3.8) is 0 Å². The molecule has 119 valence electrons. The van der Waals surface area contributed by atoms with E-state index in [4.69, 9.17) is 0 Å². The van der Waals surface area contributed by atoms with E-state index in [0.717, 1.165) is 6.42 Å². The maximum absolute atomic E-state index is 2.32. The Labute approximate surface area is 192 Å². The van der Waals surface area contributed by atoms with E-state index < -0.39 is 0 Å². The van der Waals surface area contributed by atoms with Crippen LogP contribution in [0.4, 0.5) is 0 Å². The summed E-state index contributed by atoms with van der Waals surface area (Å²) >= 11 is 1.50. The molecule has 0 heterocycles. The number of hydrogen-bond donors (Lipinski definition) is 0. The second-order valence-corrected chi connectivity index (χ2v) is 7.38. The van der Waals surface area contributed by atoms with Gasteiger partial charge in [0.15, 0.2) is 0 Å². The molecule has 0 nitrogen and oxygen atoms in total. The number of allylic oxidation sites excluding steroid dienone is 4. The molecule has 2 aliphatic carbocycles. The van der Waals surface area contributed by atoms with Gasteiger partial charge in [0.25, 0.3) is 0 Å². The molecule has 2 aliphatic rings. The quantitative estimate of drug-likeness (QED) is 0.313. The summed E-state index contributed by atoms with van der Waals surface area (Å²) in [7, 11) is 0. The average molecular weight is 614 g/mol. The fraction of sp³-hybridized carbons (Fsp3) is 0.143.